The van der Waals surface area contributed by atoms with E-state index < -0.39 is 20.8 Å². The summed E-state index contributed by atoms with van der Waals surface area (Å²) < 4.78 is 23.2. The lowest BCUT2D eigenvalue weighted by atomic mass is 9.74. The minimum absolute atomic E-state index is 0.0124. The summed E-state index contributed by atoms with van der Waals surface area (Å²) in [4.78, 5) is 14.3. The van der Waals surface area contributed by atoms with Crippen LogP contribution in [0.15, 0.2) is 0 Å². The number of hydrogen-bond donors (Lipinski definition) is 1. The first-order chi connectivity index (χ1) is 8.92. The van der Waals surface area contributed by atoms with Crippen LogP contribution in [0.5, 0.6) is 0 Å². The van der Waals surface area contributed by atoms with Gasteiger partial charge in [-0.1, -0.05) is 5.92 Å². The molecule has 0 aromatic carbocycles. The van der Waals surface area contributed by atoms with Crippen molar-refractivity contribution >= 4 is 15.7 Å². The van der Waals surface area contributed by atoms with Gasteiger partial charge in [-0.15, -0.1) is 6.42 Å². The molecule has 1 fully saturated rings. The molecule has 2 N–H and O–H groups in total. The largest absolute Gasteiger partial charge is 0.327 e. The van der Waals surface area contributed by atoms with E-state index in [0.717, 1.165) is 0 Å². The lowest BCUT2D eigenvalue weighted by Crippen LogP contribution is -2.58. The molecule has 1 aliphatic heterocycles. The molecule has 0 spiro atoms. The average molecular weight is 300 g/mol. The van der Waals surface area contributed by atoms with Crippen LogP contribution in [0.1, 0.15) is 34.1 Å². The van der Waals surface area contributed by atoms with E-state index in [-0.39, 0.29) is 30.0 Å². The molecule has 1 atom stereocenters. The molecule has 20 heavy (non-hydrogen) atoms. The molecule has 1 amide bonds. The summed E-state index contributed by atoms with van der Waals surface area (Å²) in [6.07, 6.45) is 5.77. The quantitative estimate of drug-likeness (QED) is 0.762. The van der Waals surface area contributed by atoms with Crippen LogP contribution < -0.4 is 5.73 Å². The van der Waals surface area contributed by atoms with Gasteiger partial charge < -0.3 is 10.6 Å². The highest BCUT2D eigenvalue weighted by Crippen LogP contribution is 2.32. The number of terminal acetylenes is 1. The summed E-state index contributed by atoms with van der Waals surface area (Å²) in [6, 6.07) is -0.342. The van der Waals surface area contributed by atoms with E-state index in [0.29, 0.717) is 6.42 Å². The van der Waals surface area contributed by atoms with Crippen LogP contribution in [0.4, 0.5) is 0 Å². The molecular weight excluding hydrogens is 276 g/mol. The Morgan fingerprint density at radius 1 is 1.40 bits per heavy atom. The second kappa shape index (κ2) is 5.38. The molecule has 0 bridgehead atoms. The summed E-state index contributed by atoms with van der Waals surface area (Å²) in [6.45, 7) is 7.21. The van der Waals surface area contributed by atoms with Crippen molar-refractivity contribution < 1.29 is 13.2 Å². The highest BCUT2D eigenvalue weighted by Gasteiger charge is 2.45. The van der Waals surface area contributed by atoms with Gasteiger partial charge in [0.25, 0.3) is 0 Å². The van der Waals surface area contributed by atoms with Crippen molar-refractivity contribution in [3.63, 3.8) is 0 Å². The van der Waals surface area contributed by atoms with Crippen molar-refractivity contribution in [1.82, 2.24) is 4.90 Å². The minimum Gasteiger partial charge on any atom is -0.327 e. The molecule has 0 radical (unpaired) electrons. The number of hydrogen-bond acceptors (Lipinski definition) is 4. The van der Waals surface area contributed by atoms with Gasteiger partial charge in [-0.05, 0) is 34.1 Å². The van der Waals surface area contributed by atoms with Gasteiger partial charge in [0.15, 0.2) is 9.84 Å². The summed E-state index contributed by atoms with van der Waals surface area (Å²) >= 11 is 0. The normalized spacial score (nSPS) is 22.3. The third kappa shape index (κ3) is 3.33. The number of amides is 1. The highest BCUT2D eigenvalue weighted by molar-refractivity contribution is 7.91. The minimum atomic E-state index is -3.07. The van der Waals surface area contributed by atoms with E-state index in [1.807, 2.05) is 0 Å². The second-order valence-corrected chi connectivity index (χ2v) is 8.77. The Bertz CT molecular complexity index is 524. The number of nitrogens with two attached hydrogens (primary N) is 1. The first kappa shape index (κ1) is 17.0. The van der Waals surface area contributed by atoms with Crippen LogP contribution >= 0.6 is 0 Å². The zero-order valence-corrected chi connectivity index (χ0v) is 13.5. The van der Waals surface area contributed by atoms with Gasteiger partial charge in [-0.2, -0.15) is 0 Å². The molecule has 1 aliphatic rings. The highest BCUT2D eigenvalue weighted by atomic mass is 32.2. The predicted octanol–water partition coefficient (Wildman–Crippen LogP) is 0.399. The molecule has 1 rings (SSSR count). The second-order valence-electron chi connectivity index (χ2n) is 6.54. The molecule has 0 aromatic heterocycles. The number of sulfone groups is 1. The smallest absolute Gasteiger partial charge is 0.231 e. The third-order valence-electron chi connectivity index (χ3n) is 4.32. The van der Waals surface area contributed by atoms with E-state index in [1.165, 1.54) is 4.90 Å². The SMILES string of the molecule is C#CCN(C(=O)C(C)(C)C(C)(C)N)C1CCS(=O)(=O)C1. The van der Waals surface area contributed by atoms with Crippen molar-refractivity contribution in [2.75, 3.05) is 18.1 Å². The topological polar surface area (TPSA) is 80.5 Å². The first-order valence-electron chi connectivity index (χ1n) is 6.66. The molecular formula is C14H24N2O3S. The fourth-order valence-corrected chi connectivity index (χ4v) is 3.85. The Kier molecular flexibility index (Phi) is 4.57. The van der Waals surface area contributed by atoms with Crippen LogP contribution in [0.3, 0.4) is 0 Å². The maximum atomic E-state index is 12.8. The Morgan fingerprint density at radius 2 is 1.95 bits per heavy atom. The van der Waals surface area contributed by atoms with Gasteiger partial charge in [-0.25, -0.2) is 8.42 Å². The zero-order chi connectivity index (χ0) is 15.8. The number of nitrogens with zero attached hydrogens (tertiary/aromatic N) is 1. The molecule has 6 heteroatoms. The van der Waals surface area contributed by atoms with E-state index in [9.17, 15) is 13.2 Å². The summed E-state index contributed by atoms with van der Waals surface area (Å²) in [5.41, 5.74) is 4.53. The summed E-state index contributed by atoms with van der Waals surface area (Å²) in [5, 5.41) is 0. The van der Waals surface area contributed by atoms with Crippen LogP contribution in [-0.4, -0.2) is 48.9 Å². The number of rotatable bonds is 4. The predicted molar refractivity (Wildman–Crippen MR) is 79.7 cm³/mol. The maximum Gasteiger partial charge on any atom is 0.231 e. The van der Waals surface area contributed by atoms with Gasteiger partial charge in [0, 0.05) is 11.6 Å². The summed E-state index contributed by atoms with van der Waals surface area (Å²) in [5.74, 6) is 2.35. The molecule has 0 saturated carbocycles. The van der Waals surface area contributed by atoms with Crippen LogP contribution in [0, 0.1) is 17.8 Å². The van der Waals surface area contributed by atoms with Crippen LogP contribution in [0.2, 0.25) is 0 Å². The zero-order valence-electron chi connectivity index (χ0n) is 12.6. The van der Waals surface area contributed by atoms with Crippen molar-refractivity contribution in [1.29, 1.82) is 0 Å². The van der Waals surface area contributed by atoms with Crippen molar-refractivity contribution in [3.05, 3.63) is 0 Å². The fraction of sp³-hybridized carbons (Fsp3) is 0.786. The van der Waals surface area contributed by atoms with Crippen molar-refractivity contribution in [3.8, 4) is 12.3 Å². The molecule has 1 heterocycles. The molecule has 114 valence electrons. The van der Waals surface area contributed by atoms with E-state index in [2.05, 4.69) is 5.92 Å². The lowest BCUT2D eigenvalue weighted by molar-refractivity contribution is -0.144. The monoisotopic (exact) mass is 300 g/mol. The van der Waals surface area contributed by atoms with E-state index >= 15 is 0 Å². The Morgan fingerprint density at radius 3 is 2.30 bits per heavy atom. The van der Waals surface area contributed by atoms with Gasteiger partial charge in [0.2, 0.25) is 5.91 Å². The Balaban J connectivity index is 3.04. The van der Waals surface area contributed by atoms with Crippen molar-refractivity contribution in [2.24, 2.45) is 11.1 Å². The first-order valence-corrected chi connectivity index (χ1v) is 8.48. The molecule has 1 unspecified atom stereocenters. The molecule has 0 aromatic rings. The number of carbonyl (C=O) groups excluding carboxylic acids is 1. The third-order valence-corrected chi connectivity index (χ3v) is 6.07. The molecule has 0 aliphatic carbocycles. The molecule has 1 saturated heterocycles. The van der Waals surface area contributed by atoms with Gasteiger partial charge in [0.05, 0.1) is 23.5 Å². The Labute approximate surface area is 121 Å². The number of carbonyl (C=O) groups is 1. The average Bonchev–Trinajstić information content (AvgIpc) is 2.64. The summed E-state index contributed by atoms with van der Waals surface area (Å²) in [7, 11) is -3.07. The molecule has 5 nitrogen and oxygen atoms in total. The van der Waals surface area contributed by atoms with Gasteiger partial charge in [-0.3, -0.25) is 4.79 Å². The fourth-order valence-electron chi connectivity index (χ4n) is 2.12. The van der Waals surface area contributed by atoms with Gasteiger partial charge in [0.1, 0.15) is 0 Å². The van der Waals surface area contributed by atoms with Crippen LogP contribution in [0.25, 0.3) is 0 Å². The Hall–Kier alpha value is -1.06. The van der Waals surface area contributed by atoms with Gasteiger partial charge >= 0.3 is 0 Å². The van der Waals surface area contributed by atoms with Crippen LogP contribution in [-0.2, 0) is 14.6 Å². The lowest BCUT2D eigenvalue weighted by Gasteiger charge is -2.41. The van der Waals surface area contributed by atoms with Crippen molar-refractivity contribution in [2.45, 2.75) is 45.7 Å². The van der Waals surface area contributed by atoms with E-state index in [4.69, 9.17) is 12.2 Å². The standard InChI is InChI=1S/C14H24N2O3S/c1-6-8-16(11-7-9-20(18,19)10-11)12(17)13(2,3)14(4,5)15/h1,11H,7-10,15H2,2-5H3. The van der Waals surface area contributed by atoms with E-state index in [1.54, 1.807) is 27.7 Å². The maximum absolute atomic E-state index is 12.8.